The number of amides is 1. The minimum Gasteiger partial charge on any atom is -0.467 e. The minimum atomic E-state index is -0.837. The number of nitrogens with one attached hydrogen (secondary N) is 1. The van der Waals surface area contributed by atoms with Crippen LogP contribution in [0.3, 0.4) is 0 Å². The number of aryl methyl sites for hydroxylation is 2. The summed E-state index contributed by atoms with van der Waals surface area (Å²) in [5, 5.41) is 3.25. The first-order chi connectivity index (χ1) is 13.1. The molecular weight excluding hydrogens is 372 g/mol. The molecule has 0 radical (unpaired) electrons. The summed E-state index contributed by atoms with van der Waals surface area (Å²) in [6.07, 6.45) is 6.86. The van der Waals surface area contributed by atoms with Gasteiger partial charge >= 0.3 is 0 Å². The van der Waals surface area contributed by atoms with Gasteiger partial charge in [-0.3, -0.25) is 4.79 Å². The van der Waals surface area contributed by atoms with Crippen molar-refractivity contribution >= 4 is 33.1 Å². The van der Waals surface area contributed by atoms with Crippen LogP contribution in [0.1, 0.15) is 29.7 Å². The number of nitrogens with zero attached hydrogens (tertiary/aromatic N) is 2. The van der Waals surface area contributed by atoms with Crippen LogP contribution in [0.5, 0.6) is 5.88 Å². The molecule has 0 saturated heterocycles. The van der Waals surface area contributed by atoms with Gasteiger partial charge in [-0.05, 0) is 43.4 Å². The van der Waals surface area contributed by atoms with Crippen molar-refractivity contribution in [3.63, 3.8) is 0 Å². The Hall–Kier alpha value is -2.61. The largest absolute Gasteiger partial charge is 0.467 e. The molecule has 5 nitrogen and oxygen atoms in total. The summed E-state index contributed by atoms with van der Waals surface area (Å²) in [5.74, 6) is -1.72. The lowest BCUT2D eigenvalue weighted by molar-refractivity contribution is -0.118. The molecule has 1 aromatic carbocycles. The van der Waals surface area contributed by atoms with E-state index in [1.807, 2.05) is 0 Å². The first-order valence-electron chi connectivity index (χ1n) is 8.75. The Bertz CT molecular complexity index is 1010. The van der Waals surface area contributed by atoms with Gasteiger partial charge in [0.1, 0.15) is 22.8 Å². The van der Waals surface area contributed by atoms with Gasteiger partial charge in [-0.25, -0.2) is 18.7 Å². The predicted molar refractivity (Wildman–Crippen MR) is 99.2 cm³/mol. The van der Waals surface area contributed by atoms with Crippen LogP contribution in [0, 0.1) is 11.6 Å². The quantitative estimate of drug-likeness (QED) is 0.678. The van der Waals surface area contributed by atoms with Crippen molar-refractivity contribution in [3.05, 3.63) is 46.6 Å². The smallest absolute Gasteiger partial charge is 0.262 e. The predicted octanol–water partition coefficient (Wildman–Crippen LogP) is 4.26. The van der Waals surface area contributed by atoms with E-state index >= 15 is 0 Å². The number of hydrogen-bond acceptors (Lipinski definition) is 5. The van der Waals surface area contributed by atoms with Gasteiger partial charge in [0.2, 0.25) is 5.88 Å². The van der Waals surface area contributed by atoms with Crippen molar-refractivity contribution in [1.82, 2.24) is 9.97 Å². The molecule has 0 unspecified atom stereocenters. The van der Waals surface area contributed by atoms with Gasteiger partial charge in [0.25, 0.3) is 5.91 Å². The number of anilines is 1. The number of hydrogen-bond donors (Lipinski definition) is 1. The summed E-state index contributed by atoms with van der Waals surface area (Å²) in [6.45, 7) is -0.326. The van der Waals surface area contributed by atoms with Crippen molar-refractivity contribution in [3.8, 4) is 5.88 Å². The highest BCUT2D eigenvalue weighted by molar-refractivity contribution is 7.18. The second kappa shape index (κ2) is 7.56. The molecule has 0 fully saturated rings. The van der Waals surface area contributed by atoms with Gasteiger partial charge in [-0.2, -0.15) is 0 Å². The molecule has 0 aliphatic heterocycles. The van der Waals surface area contributed by atoms with Gasteiger partial charge in [0.05, 0.1) is 11.1 Å². The average molecular weight is 389 g/mol. The number of aromatic nitrogens is 2. The average Bonchev–Trinajstić information content (AvgIpc) is 2.84. The van der Waals surface area contributed by atoms with Crippen LogP contribution in [-0.2, 0) is 17.6 Å². The second-order valence-electron chi connectivity index (χ2n) is 6.38. The van der Waals surface area contributed by atoms with Crippen molar-refractivity contribution in [1.29, 1.82) is 0 Å². The van der Waals surface area contributed by atoms with Gasteiger partial charge in [-0.1, -0.05) is 6.42 Å². The molecule has 2 heterocycles. The fourth-order valence-corrected chi connectivity index (χ4v) is 4.48. The molecule has 27 heavy (non-hydrogen) atoms. The third-order valence-electron chi connectivity index (χ3n) is 4.51. The molecular formula is C19H17F2N3O2S. The van der Waals surface area contributed by atoms with Crippen molar-refractivity contribution in [2.45, 2.75) is 32.1 Å². The first-order valence-corrected chi connectivity index (χ1v) is 9.56. The highest BCUT2D eigenvalue weighted by atomic mass is 32.1. The summed E-state index contributed by atoms with van der Waals surface area (Å²) < 4.78 is 32.2. The van der Waals surface area contributed by atoms with Crippen LogP contribution in [0.15, 0.2) is 24.5 Å². The van der Waals surface area contributed by atoms with Gasteiger partial charge in [-0.15, -0.1) is 11.3 Å². The third-order valence-corrected chi connectivity index (χ3v) is 5.71. The van der Waals surface area contributed by atoms with E-state index in [1.165, 1.54) is 29.3 Å². The van der Waals surface area contributed by atoms with E-state index in [4.69, 9.17) is 4.74 Å². The number of benzene rings is 1. The molecule has 2 aromatic heterocycles. The summed E-state index contributed by atoms with van der Waals surface area (Å²) >= 11 is 1.65. The number of fused-ring (bicyclic) bond motifs is 3. The Morgan fingerprint density at radius 2 is 2.04 bits per heavy atom. The standard InChI is InChI=1S/C19H17F2N3O2S/c20-11-6-7-14(13(21)8-11)24-16(25)9-26-18-17-12-4-2-1-3-5-15(12)27-19(17)23-10-22-18/h6-8,10H,1-5,9H2,(H,24,25). The van der Waals surface area contributed by atoms with E-state index in [1.54, 1.807) is 11.3 Å². The van der Waals surface area contributed by atoms with Crippen LogP contribution in [0.25, 0.3) is 10.2 Å². The SMILES string of the molecule is O=C(COc1ncnc2sc3c(c12)CCCCC3)Nc1ccc(F)cc1F. The van der Waals surface area contributed by atoms with Gasteiger partial charge < -0.3 is 10.1 Å². The Kier molecular flexibility index (Phi) is 4.98. The Balaban J connectivity index is 1.52. The number of ether oxygens (including phenoxy) is 1. The maximum atomic E-state index is 13.7. The fourth-order valence-electron chi connectivity index (χ4n) is 3.26. The maximum Gasteiger partial charge on any atom is 0.262 e. The number of halogens is 2. The van der Waals surface area contributed by atoms with Crippen molar-refractivity contribution in [2.75, 3.05) is 11.9 Å². The van der Waals surface area contributed by atoms with E-state index in [2.05, 4.69) is 15.3 Å². The molecule has 0 bridgehead atoms. The lowest BCUT2D eigenvalue weighted by Gasteiger charge is -2.09. The van der Waals surface area contributed by atoms with E-state index in [9.17, 15) is 13.6 Å². The summed E-state index contributed by atoms with van der Waals surface area (Å²) in [5.41, 5.74) is 1.12. The van der Waals surface area contributed by atoms with Crippen molar-refractivity contribution in [2.24, 2.45) is 0 Å². The van der Waals surface area contributed by atoms with Crippen molar-refractivity contribution < 1.29 is 18.3 Å². The third kappa shape index (κ3) is 3.75. The molecule has 8 heteroatoms. The first kappa shape index (κ1) is 17.8. The zero-order valence-corrected chi connectivity index (χ0v) is 15.2. The lowest BCUT2D eigenvalue weighted by Crippen LogP contribution is -2.21. The molecule has 1 N–H and O–H groups in total. The Morgan fingerprint density at radius 1 is 1.19 bits per heavy atom. The van der Waals surface area contributed by atoms with Crippen LogP contribution in [-0.4, -0.2) is 22.5 Å². The maximum absolute atomic E-state index is 13.7. The van der Waals surface area contributed by atoms with Crippen LogP contribution in [0.2, 0.25) is 0 Å². The fraction of sp³-hybridized carbons (Fsp3) is 0.316. The molecule has 1 aliphatic carbocycles. The molecule has 140 valence electrons. The van der Waals surface area contributed by atoms with Gasteiger partial charge in [0, 0.05) is 10.9 Å². The van der Waals surface area contributed by atoms with Gasteiger partial charge in [0.15, 0.2) is 6.61 Å². The number of thiophene rings is 1. The number of carbonyl (C=O) groups excluding carboxylic acids is 1. The second-order valence-corrected chi connectivity index (χ2v) is 7.47. The normalized spacial score (nSPS) is 13.9. The number of carbonyl (C=O) groups is 1. The molecule has 1 amide bonds. The molecule has 0 atom stereocenters. The van der Waals surface area contributed by atoms with Crippen LogP contribution < -0.4 is 10.1 Å². The molecule has 0 spiro atoms. The number of rotatable bonds is 4. The molecule has 0 saturated carbocycles. The van der Waals surface area contributed by atoms with Crippen LogP contribution >= 0.6 is 11.3 Å². The van der Waals surface area contributed by atoms with E-state index in [0.29, 0.717) is 11.9 Å². The Labute approximate surface area is 158 Å². The van der Waals surface area contributed by atoms with E-state index in [0.717, 1.165) is 42.0 Å². The summed E-state index contributed by atoms with van der Waals surface area (Å²) in [7, 11) is 0. The molecule has 1 aliphatic rings. The monoisotopic (exact) mass is 389 g/mol. The van der Waals surface area contributed by atoms with Crippen LogP contribution in [0.4, 0.5) is 14.5 Å². The summed E-state index contributed by atoms with van der Waals surface area (Å²) in [6, 6.07) is 2.96. The lowest BCUT2D eigenvalue weighted by atomic mass is 10.1. The topological polar surface area (TPSA) is 64.1 Å². The van der Waals surface area contributed by atoms with E-state index in [-0.39, 0.29) is 12.3 Å². The highest BCUT2D eigenvalue weighted by Gasteiger charge is 2.20. The Morgan fingerprint density at radius 3 is 2.89 bits per heavy atom. The van der Waals surface area contributed by atoms with E-state index < -0.39 is 17.5 Å². The highest BCUT2D eigenvalue weighted by Crippen LogP contribution is 2.38. The zero-order valence-electron chi connectivity index (χ0n) is 14.4. The minimum absolute atomic E-state index is 0.0952. The summed E-state index contributed by atoms with van der Waals surface area (Å²) in [4.78, 5) is 22.8. The molecule has 3 aromatic rings. The molecule has 4 rings (SSSR count). The zero-order chi connectivity index (χ0) is 18.8.